The van der Waals surface area contributed by atoms with Gasteiger partial charge in [-0.05, 0) is 25.0 Å². The average Bonchev–Trinajstić information content (AvgIpc) is 3.11. The Balaban J connectivity index is 1.56. The van der Waals surface area contributed by atoms with Crippen molar-refractivity contribution < 1.29 is 33.3 Å². The molecule has 178 valence electrons. The standard InChI is InChI=1S/C25H31NO7/c1-25(2)32-21(22(33-25)17-30-15-18-10-6-4-7-11-18)14-20(23(27)29-3)26-24(28)31-16-19-12-8-5-9-13-19/h4-13,20-22H,14-17H2,1-3H3,(H,26,28)/t20-,21-,22-/m0/s1. The van der Waals surface area contributed by atoms with Crippen LogP contribution in [-0.2, 0) is 41.7 Å². The zero-order valence-corrected chi connectivity index (χ0v) is 19.2. The molecule has 2 aromatic rings. The van der Waals surface area contributed by atoms with Gasteiger partial charge in [0.1, 0.15) is 18.8 Å². The van der Waals surface area contributed by atoms with Crippen molar-refractivity contribution in [3.63, 3.8) is 0 Å². The fourth-order valence-corrected chi connectivity index (χ4v) is 3.61. The third-order valence-electron chi connectivity index (χ3n) is 5.14. The van der Waals surface area contributed by atoms with E-state index in [2.05, 4.69) is 5.32 Å². The van der Waals surface area contributed by atoms with Gasteiger partial charge in [0.2, 0.25) is 0 Å². The molecule has 3 atom stereocenters. The number of hydrogen-bond acceptors (Lipinski definition) is 7. The molecule has 1 aliphatic heterocycles. The summed E-state index contributed by atoms with van der Waals surface area (Å²) in [6, 6.07) is 18.1. The molecule has 1 saturated heterocycles. The molecule has 0 radical (unpaired) electrons. The maximum atomic E-state index is 12.4. The molecule has 1 heterocycles. The van der Waals surface area contributed by atoms with Gasteiger partial charge in [0.15, 0.2) is 5.79 Å². The van der Waals surface area contributed by atoms with E-state index in [9.17, 15) is 9.59 Å². The summed E-state index contributed by atoms with van der Waals surface area (Å²) in [6.07, 6.45) is -1.48. The molecule has 1 N–H and O–H groups in total. The highest BCUT2D eigenvalue weighted by Gasteiger charge is 2.43. The van der Waals surface area contributed by atoms with E-state index < -0.39 is 36.1 Å². The minimum Gasteiger partial charge on any atom is -0.467 e. The lowest BCUT2D eigenvalue weighted by molar-refractivity contribution is -0.154. The molecule has 2 aromatic carbocycles. The Morgan fingerprint density at radius 3 is 2.12 bits per heavy atom. The summed E-state index contributed by atoms with van der Waals surface area (Å²) in [6.45, 7) is 4.39. The van der Waals surface area contributed by atoms with Crippen molar-refractivity contribution in [1.29, 1.82) is 0 Å². The summed E-state index contributed by atoms with van der Waals surface area (Å²) in [5, 5.41) is 2.58. The molecule has 0 aliphatic carbocycles. The Morgan fingerprint density at radius 2 is 1.52 bits per heavy atom. The van der Waals surface area contributed by atoms with Gasteiger partial charge in [0.25, 0.3) is 0 Å². The van der Waals surface area contributed by atoms with Crippen LogP contribution >= 0.6 is 0 Å². The fraction of sp³-hybridized carbons (Fsp3) is 0.440. The second kappa shape index (κ2) is 11.8. The first-order valence-electron chi connectivity index (χ1n) is 10.9. The Morgan fingerprint density at radius 1 is 0.939 bits per heavy atom. The molecule has 0 unspecified atom stereocenters. The summed E-state index contributed by atoms with van der Waals surface area (Å²) in [7, 11) is 1.27. The number of nitrogens with one attached hydrogen (secondary N) is 1. The number of rotatable bonds is 10. The van der Waals surface area contributed by atoms with Gasteiger partial charge >= 0.3 is 12.1 Å². The Kier molecular flexibility index (Phi) is 8.82. The van der Waals surface area contributed by atoms with Gasteiger partial charge < -0.3 is 29.0 Å². The molecule has 0 aromatic heterocycles. The van der Waals surface area contributed by atoms with E-state index in [1.54, 1.807) is 13.8 Å². The van der Waals surface area contributed by atoms with E-state index in [0.29, 0.717) is 6.61 Å². The first-order chi connectivity index (χ1) is 15.9. The average molecular weight is 458 g/mol. The fourth-order valence-electron chi connectivity index (χ4n) is 3.61. The van der Waals surface area contributed by atoms with Crippen LogP contribution in [0.1, 0.15) is 31.4 Å². The van der Waals surface area contributed by atoms with E-state index >= 15 is 0 Å². The number of carbonyl (C=O) groups is 2. The van der Waals surface area contributed by atoms with E-state index in [4.69, 9.17) is 23.7 Å². The lowest BCUT2D eigenvalue weighted by Crippen LogP contribution is -2.45. The molecule has 8 heteroatoms. The van der Waals surface area contributed by atoms with Gasteiger partial charge in [-0.25, -0.2) is 9.59 Å². The second-order valence-corrected chi connectivity index (χ2v) is 8.23. The third-order valence-corrected chi connectivity index (χ3v) is 5.14. The molecule has 0 bridgehead atoms. The highest BCUT2D eigenvalue weighted by atomic mass is 16.8. The zero-order chi connectivity index (χ0) is 23.7. The van der Waals surface area contributed by atoms with E-state index in [1.807, 2.05) is 60.7 Å². The van der Waals surface area contributed by atoms with Crippen LogP contribution in [0.25, 0.3) is 0 Å². The van der Waals surface area contributed by atoms with Gasteiger partial charge in [-0.15, -0.1) is 0 Å². The van der Waals surface area contributed by atoms with Crippen molar-refractivity contribution in [2.45, 2.75) is 57.5 Å². The van der Waals surface area contributed by atoms with Crippen LogP contribution in [0.4, 0.5) is 4.79 Å². The van der Waals surface area contributed by atoms with Crippen LogP contribution in [0.5, 0.6) is 0 Å². The normalized spacial score (nSPS) is 20.1. The molecule has 1 amide bonds. The first-order valence-corrected chi connectivity index (χ1v) is 10.9. The smallest absolute Gasteiger partial charge is 0.408 e. The zero-order valence-electron chi connectivity index (χ0n) is 19.2. The van der Waals surface area contributed by atoms with Gasteiger partial charge in [0.05, 0.1) is 26.4 Å². The molecular weight excluding hydrogens is 426 g/mol. The minimum absolute atomic E-state index is 0.0899. The number of hydrogen-bond donors (Lipinski definition) is 1. The second-order valence-electron chi connectivity index (χ2n) is 8.23. The quantitative estimate of drug-likeness (QED) is 0.545. The first kappa shape index (κ1) is 24.7. The minimum atomic E-state index is -0.961. The molecule has 33 heavy (non-hydrogen) atoms. The van der Waals surface area contributed by atoms with Crippen LogP contribution in [0, 0.1) is 0 Å². The van der Waals surface area contributed by atoms with Crippen molar-refractivity contribution in [2.75, 3.05) is 13.7 Å². The maximum Gasteiger partial charge on any atom is 0.408 e. The van der Waals surface area contributed by atoms with Gasteiger partial charge in [-0.2, -0.15) is 0 Å². The van der Waals surface area contributed by atoms with Crippen molar-refractivity contribution in [3.8, 4) is 0 Å². The summed E-state index contributed by atoms with van der Waals surface area (Å²) in [4.78, 5) is 24.7. The van der Waals surface area contributed by atoms with Crippen LogP contribution in [0.2, 0.25) is 0 Å². The molecular formula is C25H31NO7. The molecule has 1 aliphatic rings. The van der Waals surface area contributed by atoms with Gasteiger partial charge in [-0.3, -0.25) is 0 Å². The number of amides is 1. The van der Waals surface area contributed by atoms with Crippen molar-refractivity contribution in [2.24, 2.45) is 0 Å². The number of carbonyl (C=O) groups excluding carboxylic acids is 2. The molecule has 1 fully saturated rings. The predicted molar refractivity (Wildman–Crippen MR) is 120 cm³/mol. The summed E-state index contributed by atoms with van der Waals surface area (Å²) < 4.78 is 27.9. The molecule has 3 rings (SSSR count). The lowest BCUT2D eigenvalue weighted by Gasteiger charge is -2.22. The summed E-state index contributed by atoms with van der Waals surface area (Å²) in [5.74, 6) is -1.44. The molecule has 8 nitrogen and oxygen atoms in total. The van der Waals surface area contributed by atoms with Gasteiger partial charge in [0, 0.05) is 6.42 Å². The Bertz CT molecular complexity index is 888. The van der Waals surface area contributed by atoms with E-state index in [1.165, 1.54) is 7.11 Å². The largest absolute Gasteiger partial charge is 0.467 e. The van der Waals surface area contributed by atoms with E-state index in [0.717, 1.165) is 11.1 Å². The van der Waals surface area contributed by atoms with Crippen LogP contribution < -0.4 is 5.32 Å². The summed E-state index contributed by atoms with van der Waals surface area (Å²) >= 11 is 0. The third kappa shape index (κ3) is 7.85. The monoisotopic (exact) mass is 457 g/mol. The molecule has 0 saturated carbocycles. The number of benzene rings is 2. The predicted octanol–water partition coefficient (Wildman–Crippen LogP) is 3.58. The topological polar surface area (TPSA) is 92.3 Å². The Labute approximate surface area is 194 Å². The highest BCUT2D eigenvalue weighted by molar-refractivity contribution is 5.81. The number of methoxy groups -OCH3 is 1. The highest BCUT2D eigenvalue weighted by Crippen LogP contribution is 2.31. The lowest BCUT2D eigenvalue weighted by atomic mass is 10.1. The van der Waals surface area contributed by atoms with Crippen molar-refractivity contribution in [3.05, 3.63) is 71.8 Å². The van der Waals surface area contributed by atoms with Crippen molar-refractivity contribution in [1.82, 2.24) is 5.32 Å². The summed E-state index contributed by atoms with van der Waals surface area (Å²) in [5.41, 5.74) is 1.88. The number of ether oxygens (including phenoxy) is 5. The maximum absolute atomic E-state index is 12.4. The number of alkyl carbamates (subject to hydrolysis) is 1. The van der Waals surface area contributed by atoms with Crippen LogP contribution in [-0.4, -0.2) is 49.8 Å². The number of esters is 1. The SMILES string of the molecule is COC(=O)[C@H](C[C@@H]1OC(C)(C)O[C@H]1COCc1ccccc1)NC(=O)OCc1ccccc1. The van der Waals surface area contributed by atoms with Gasteiger partial charge in [-0.1, -0.05) is 60.7 Å². The van der Waals surface area contributed by atoms with Crippen molar-refractivity contribution >= 4 is 12.1 Å². The van der Waals surface area contributed by atoms with Crippen LogP contribution in [0.15, 0.2) is 60.7 Å². The van der Waals surface area contributed by atoms with E-state index in [-0.39, 0.29) is 19.6 Å². The van der Waals surface area contributed by atoms with Crippen LogP contribution in [0.3, 0.4) is 0 Å². The Hall–Kier alpha value is -2.94. The molecule has 0 spiro atoms.